The summed E-state index contributed by atoms with van der Waals surface area (Å²) in [6.45, 7) is 0.285. The molecule has 0 radical (unpaired) electrons. The fraction of sp³-hybridized carbons (Fsp3) is 0.267. The SMILES string of the molecule is O=C(c1ccnc(F)c1F)N(Cc1ccccn1)C1CC1. The Morgan fingerprint density at radius 3 is 2.67 bits per heavy atom. The van der Waals surface area contributed by atoms with Crippen LogP contribution in [0.4, 0.5) is 8.78 Å². The predicted octanol–water partition coefficient (Wildman–Crippen LogP) is 2.56. The Bertz CT molecular complexity index is 659. The van der Waals surface area contributed by atoms with Gasteiger partial charge < -0.3 is 4.90 Å². The molecule has 1 amide bonds. The van der Waals surface area contributed by atoms with Gasteiger partial charge in [0.15, 0.2) is 5.82 Å². The second-order valence-corrected chi connectivity index (χ2v) is 4.95. The summed E-state index contributed by atoms with van der Waals surface area (Å²) in [6.07, 6.45) is 4.47. The van der Waals surface area contributed by atoms with Crippen LogP contribution in [0.15, 0.2) is 36.7 Å². The number of aromatic nitrogens is 2. The third-order valence-corrected chi connectivity index (χ3v) is 3.38. The monoisotopic (exact) mass is 289 g/mol. The fourth-order valence-corrected chi connectivity index (χ4v) is 2.16. The lowest BCUT2D eigenvalue weighted by atomic mass is 10.2. The number of halogens is 2. The van der Waals surface area contributed by atoms with E-state index in [1.54, 1.807) is 23.2 Å². The first kappa shape index (κ1) is 13.6. The van der Waals surface area contributed by atoms with E-state index < -0.39 is 17.7 Å². The van der Waals surface area contributed by atoms with E-state index in [1.807, 2.05) is 6.07 Å². The van der Waals surface area contributed by atoms with Gasteiger partial charge in [0.2, 0.25) is 5.95 Å². The number of hydrogen-bond acceptors (Lipinski definition) is 3. The molecule has 0 spiro atoms. The molecule has 0 saturated heterocycles. The van der Waals surface area contributed by atoms with Crippen molar-refractivity contribution in [3.8, 4) is 0 Å². The van der Waals surface area contributed by atoms with Gasteiger partial charge in [-0.3, -0.25) is 9.78 Å². The van der Waals surface area contributed by atoms with E-state index in [0.29, 0.717) is 5.69 Å². The van der Waals surface area contributed by atoms with E-state index in [2.05, 4.69) is 9.97 Å². The van der Waals surface area contributed by atoms with Crippen LogP contribution in [-0.2, 0) is 6.54 Å². The van der Waals surface area contributed by atoms with Crippen LogP contribution in [0.5, 0.6) is 0 Å². The third kappa shape index (κ3) is 2.89. The lowest BCUT2D eigenvalue weighted by molar-refractivity contribution is 0.0721. The summed E-state index contributed by atoms with van der Waals surface area (Å²) < 4.78 is 26.9. The van der Waals surface area contributed by atoms with Crippen LogP contribution in [0.2, 0.25) is 0 Å². The molecule has 2 heterocycles. The maximum Gasteiger partial charge on any atom is 0.257 e. The van der Waals surface area contributed by atoms with Gasteiger partial charge in [0, 0.05) is 18.4 Å². The topological polar surface area (TPSA) is 46.1 Å². The van der Waals surface area contributed by atoms with E-state index in [0.717, 1.165) is 19.0 Å². The molecular weight excluding hydrogens is 276 g/mol. The Morgan fingerprint density at radius 1 is 1.19 bits per heavy atom. The minimum absolute atomic E-state index is 0.0649. The highest BCUT2D eigenvalue weighted by Crippen LogP contribution is 2.30. The number of pyridine rings is 2. The first-order valence-electron chi connectivity index (χ1n) is 6.67. The molecule has 1 saturated carbocycles. The molecule has 1 aliphatic rings. The predicted molar refractivity (Wildman–Crippen MR) is 71.3 cm³/mol. The van der Waals surface area contributed by atoms with Crippen molar-refractivity contribution in [1.29, 1.82) is 0 Å². The van der Waals surface area contributed by atoms with Crippen LogP contribution in [-0.4, -0.2) is 26.8 Å². The Kier molecular flexibility index (Phi) is 3.60. The van der Waals surface area contributed by atoms with E-state index >= 15 is 0 Å². The number of rotatable bonds is 4. The van der Waals surface area contributed by atoms with Crippen molar-refractivity contribution in [2.24, 2.45) is 0 Å². The van der Waals surface area contributed by atoms with E-state index in [1.165, 1.54) is 6.07 Å². The number of carbonyl (C=O) groups is 1. The average Bonchev–Trinajstić information content (AvgIpc) is 3.33. The largest absolute Gasteiger partial charge is 0.330 e. The number of hydrogen-bond donors (Lipinski definition) is 0. The van der Waals surface area contributed by atoms with Gasteiger partial charge >= 0.3 is 0 Å². The van der Waals surface area contributed by atoms with E-state index in [4.69, 9.17) is 0 Å². The zero-order chi connectivity index (χ0) is 14.8. The maximum atomic E-state index is 13.7. The van der Waals surface area contributed by atoms with Crippen LogP contribution in [0.1, 0.15) is 28.9 Å². The summed E-state index contributed by atoms with van der Waals surface area (Å²) in [4.78, 5) is 21.4. The highest BCUT2D eigenvalue weighted by Gasteiger charge is 2.34. The van der Waals surface area contributed by atoms with Crippen LogP contribution in [0.25, 0.3) is 0 Å². The second kappa shape index (κ2) is 5.55. The molecule has 4 nitrogen and oxygen atoms in total. The highest BCUT2D eigenvalue weighted by atomic mass is 19.2. The van der Waals surface area contributed by atoms with Crippen molar-refractivity contribution in [2.75, 3.05) is 0 Å². The van der Waals surface area contributed by atoms with Crippen LogP contribution in [0, 0.1) is 11.8 Å². The highest BCUT2D eigenvalue weighted by molar-refractivity contribution is 5.94. The summed E-state index contributed by atoms with van der Waals surface area (Å²) in [5, 5.41) is 0. The van der Waals surface area contributed by atoms with Gasteiger partial charge in [-0.25, -0.2) is 9.37 Å². The van der Waals surface area contributed by atoms with Crippen LogP contribution < -0.4 is 0 Å². The molecule has 21 heavy (non-hydrogen) atoms. The molecule has 0 bridgehead atoms. The Hall–Kier alpha value is -2.37. The molecule has 3 rings (SSSR count). The van der Waals surface area contributed by atoms with Gasteiger partial charge in [-0.2, -0.15) is 4.39 Å². The minimum atomic E-state index is -1.26. The smallest absolute Gasteiger partial charge is 0.257 e. The summed E-state index contributed by atoms with van der Waals surface area (Å²) in [5.74, 6) is -2.98. The molecule has 0 atom stereocenters. The van der Waals surface area contributed by atoms with Gasteiger partial charge in [-0.05, 0) is 31.0 Å². The van der Waals surface area contributed by atoms with Gasteiger partial charge in [-0.1, -0.05) is 6.07 Å². The molecule has 2 aromatic heterocycles. The van der Waals surface area contributed by atoms with Crippen molar-refractivity contribution in [3.05, 3.63) is 59.7 Å². The van der Waals surface area contributed by atoms with E-state index in [9.17, 15) is 13.6 Å². The molecule has 0 unspecified atom stereocenters. The van der Waals surface area contributed by atoms with Crippen molar-refractivity contribution < 1.29 is 13.6 Å². The minimum Gasteiger partial charge on any atom is -0.330 e. The molecule has 6 heteroatoms. The molecule has 0 aromatic carbocycles. The van der Waals surface area contributed by atoms with Crippen LogP contribution >= 0.6 is 0 Å². The number of carbonyl (C=O) groups excluding carboxylic acids is 1. The number of amides is 1. The molecule has 1 aliphatic carbocycles. The Morgan fingerprint density at radius 2 is 2.00 bits per heavy atom. The number of nitrogens with zero attached hydrogens (tertiary/aromatic N) is 3. The van der Waals surface area contributed by atoms with Crippen molar-refractivity contribution in [1.82, 2.24) is 14.9 Å². The zero-order valence-corrected chi connectivity index (χ0v) is 11.2. The fourth-order valence-electron chi connectivity index (χ4n) is 2.16. The Balaban J connectivity index is 1.87. The van der Waals surface area contributed by atoms with Gasteiger partial charge in [0.25, 0.3) is 5.91 Å². The molecule has 0 N–H and O–H groups in total. The maximum absolute atomic E-state index is 13.7. The third-order valence-electron chi connectivity index (χ3n) is 3.38. The zero-order valence-electron chi connectivity index (χ0n) is 11.2. The first-order chi connectivity index (χ1) is 10.2. The van der Waals surface area contributed by atoms with Gasteiger partial charge in [0.1, 0.15) is 0 Å². The summed E-state index contributed by atoms with van der Waals surface area (Å²) >= 11 is 0. The standard InChI is InChI=1S/C15H13F2N3O/c16-13-12(6-8-19-14(13)17)15(21)20(11-4-5-11)9-10-3-1-2-7-18-10/h1-3,6-8,11H,4-5,9H2. The van der Waals surface area contributed by atoms with Gasteiger partial charge in [0.05, 0.1) is 17.8 Å². The molecule has 0 aliphatic heterocycles. The quantitative estimate of drug-likeness (QED) is 0.813. The normalized spacial score (nSPS) is 14.0. The van der Waals surface area contributed by atoms with Gasteiger partial charge in [-0.15, -0.1) is 0 Å². The van der Waals surface area contributed by atoms with E-state index in [-0.39, 0.29) is 18.2 Å². The summed E-state index contributed by atoms with van der Waals surface area (Å²) in [7, 11) is 0. The molecule has 108 valence electrons. The first-order valence-corrected chi connectivity index (χ1v) is 6.67. The summed E-state index contributed by atoms with van der Waals surface area (Å²) in [6, 6.07) is 6.67. The molecular formula is C15H13F2N3O. The summed E-state index contributed by atoms with van der Waals surface area (Å²) in [5.41, 5.74) is 0.429. The molecule has 2 aromatic rings. The average molecular weight is 289 g/mol. The van der Waals surface area contributed by atoms with Crippen LogP contribution in [0.3, 0.4) is 0 Å². The lowest BCUT2D eigenvalue weighted by Gasteiger charge is -2.22. The Labute approximate surface area is 120 Å². The molecule has 1 fully saturated rings. The van der Waals surface area contributed by atoms with Crippen molar-refractivity contribution in [3.63, 3.8) is 0 Å². The second-order valence-electron chi connectivity index (χ2n) is 4.95. The van der Waals surface area contributed by atoms with Crippen molar-refractivity contribution >= 4 is 5.91 Å². The lowest BCUT2D eigenvalue weighted by Crippen LogP contribution is -2.33. The van der Waals surface area contributed by atoms with Crippen molar-refractivity contribution in [2.45, 2.75) is 25.4 Å².